The van der Waals surface area contributed by atoms with Gasteiger partial charge in [0.1, 0.15) is 0 Å². The summed E-state index contributed by atoms with van der Waals surface area (Å²) in [4.78, 5) is 4.05. The van der Waals surface area contributed by atoms with E-state index in [9.17, 15) is 0 Å². The Kier molecular flexibility index (Phi) is 2.73. The Morgan fingerprint density at radius 1 is 1.47 bits per heavy atom. The summed E-state index contributed by atoms with van der Waals surface area (Å²) in [7, 11) is 0. The van der Waals surface area contributed by atoms with Gasteiger partial charge in [0, 0.05) is 18.9 Å². The average Bonchev–Trinajstić information content (AvgIpc) is 2.62. The van der Waals surface area contributed by atoms with Gasteiger partial charge in [-0.3, -0.25) is 4.98 Å². The molecule has 78 valence electrons. The highest BCUT2D eigenvalue weighted by Gasteiger charge is 2.06. The van der Waals surface area contributed by atoms with Crippen molar-refractivity contribution in [3.05, 3.63) is 41.5 Å². The summed E-state index contributed by atoms with van der Waals surface area (Å²) in [6.45, 7) is 3.09. The van der Waals surface area contributed by atoms with Crippen molar-refractivity contribution in [2.75, 3.05) is 0 Å². The third-order valence-corrected chi connectivity index (χ3v) is 2.33. The third-order valence-electron chi connectivity index (χ3n) is 2.33. The minimum absolute atomic E-state index is 0.429. The van der Waals surface area contributed by atoms with E-state index in [0.717, 1.165) is 17.0 Å². The zero-order chi connectivity index (χ0) is 10.7. The summed E-state index contributed by atoms with van der Waals surface area (Å²) < 4.78 is 1.83. The van der Waals surface area contributed by atoms with Crippen LogP contribution < -0.4 is 5.73 Å². The molecule has 0 saturated carbocycles. The smallest absolute Gasteiger partial charge is 0.0991 e. The van der Waals surface area contributed by atoms with Gasteiger partial charge in [-0.25, -0.2) is 4.68 Å². The average molecular weight is 203 g/mol. The number of nitrogens with two attached hydrogens (primary N) is 1. The lowest BCUT2D eigenvalue weighted by Gasteiger charge is -2.02. The molecule has 0 saturated heterocycles. The van der Waals surface area contributed by atoms with Gasteiger partial charge in [0.05, 0.1) is 17.9 Å². The minimum atomic E-state index is 0.429. The Morgan fingerprint density at radius 3 is 2.93 bits per heavy atom. The van der Waals surface area contributed by atoms with E-state index in [1.54, 1.807) is 6.20 Å². The normalized spacial score (nSPS) is 10.5. The molecule has 0 aromatic carbocycles. The van der Waals surface area contributed by atoms with Crippen LogP contribution in [0.4, 0.5) is 0 Å². The van der Waals surface area contributed by atoms with Gasteiger partial charge in [-0.2, -0.15) is 0 Å². The molecule has 0 amide bonds. The van der Waals surface area contributed by atoms with E-state index < -0.39 is 0 Å². The zero-order valence-electron chi connectivity index (χ0n) is 8.59. The molecule has 0 aliphatic heterocycles. The molecular weight excluding hydrogens is 190 g/mol. The highest BCUT2D eigenvalue weighted by atomic mass is 15.4. The number of rotatable bonds is 3. The first-order chi connectivity index (χ1) is 7.31. The SMILES string of the molecule is Cc1c(CN)nnn1Cc1cccnc1. The number of hydrogen-bond acceptors (Lipinski definition) is 4. The van der Waals surface area contributed by atoms with Crippen molar-refractivity contribution in [1.82, 2.24) is 20.0 Å². The summed E-state index contributed by atoms with van der Waals surface area (Å²) in [5, 5.41) is 8.04. The molecule has 0 aliphatic carbocycles. The van der Waals surface area contributed by atoms with E-state index in [1.165, 1.54) is 0 Å². The lowest BCUT2D eigenvalue weighted by Crippen LogP contribution is -2.05. The zero-order valence-corrected chi connectivity index (χ0v) is 8.59. The van der Waals surface area contributed by atoms with E-state index in [0.29, 0.717) is 13.1 Å². The Hall–Kier alpha value is -1.75. The number of nitrogens with zero attached hydrogens (tertiary/aromatic N) is 4. The molecule has 2 aromatic heterocycles. The third kappa shape index (κ3) is 2.02. The molecule has 0 unspecified atom stereocenters. The first-order valence-corrected chi connectivity index (χ1v) is 4.79. The van der Waals surface area contributed by atoms with Crippen molar-refractivity contribution in [3.63, 3.8) is 0 Å². The largest absolute Gasteiger partial charge is 0.325 e. The highest BCUT2D eigenvalue weighted by molar-refractivity contribution is 5.12. The summed E-state index contributed by atoms with van der Waals surface area (Å²) >= 11 is 0. The monoisotopic (exact) mass is 203 g/mol. The Balaban J connectivity index is 2.21. The van der Waals surface area contributed by atoms with Crippen LogP contribution in [-0.4, -0.2) is 20.0 Å². The molecule has 5 nitrogen and oxygen atoms in total. The summed E-state index contributed by atoms with van der Waals surface area (Å²) in [5.41, 5.74) is 8.50. The molecule has 0 aliphatic rings. The lowest BCUT2D eigenvalue weighted by atomic mass is 10.3. The van der Waals surface area contributed by atoms with Gasteiger partial charge in [-0.1, -0.05) is 11.3 Å². The van der Waals surface area contributed by atoms with Gasteiger partial charge >= 0.3 is 0 Å². The molecule has 2 N–H and O–H groups in total. The molecule has 5 heteroatoms. The van der Waals surface area contributed by atoms with Crippen molar-refractivity contribution in [2.45, 2.75) is 20.0 Å². The van der Waals surface area contributed by atoms with E-state index in [1.807, 2.05) is 29.9 Å². The van der Waals surface area contributed by atoms with Gasteiger partial charge in [-0.05, 0) is 18.6 Å². The Bertz CT molecular complexity index is 434. The second-order valence-electron chi connectivity index (χ2n) is 3.34. The van der Waals surface area contributed by atoms with Gasteiger partial charge in [-0.15, -0.1) is 5.10 Å². The van der Waals surface area contributed by atoms with Crippen molar-refractivity contribution in [2.24, 2.45) is 5.73 Å². The number of pyridine rings is 1. The molecule has 0 radical (unpaired) electrons. The van der Waals surface area contributed by atoms with Crippen molar-refractivity contribution in [1.29, 1.82) is 0 Å². The molecule has 0 fully saturated rings. The summed E-state index contributed by atoms with van der Waals surface area (Å²) in [6, 6.07) is 3.92. The van der Waals surface area contributed by atoms with Crippen LogP contribution in [0.1, 0.15) is 17.0 Å². The molecule has 15 heavy (non-hydrogen) atoms. The van der Waals surface area contributed by atoms with Crippen LogP contribution in [0.3, 0.4) is 0 Å². The summed E-state index contributed by atoms with van der Waals surface area (Å²) in [6.07, 6.45) is 3.58. The van der Waals surface area contributed by atoms with Crippen molar-refractivity contribution in [3.8, 4) is 0 Å². The lowest BCUT2D eigenvalue weighted by molar-refractivity contribution is 0.632. The van der Waals surface area contributed by atoms with E-state index in [2.05, 4.69) is 15.3 Å². The topological polar surface area (TPSA) is 69.6 Å². The van der Waals surface area contributed by atoms with Crippen LogP contribution in [0.25, 0.3) is 0 Å². The van der Waals surface area contributed by atoms with Crippen LogP contribution in [0, 0.1) is 6.92 Å². The van der Waals surface area contributed by atoms with Crippen LogP contribution in [0.15, 0.2) is 24.5 Å². The molecular formula is C10H13N5. The second kappa shape index (κ2) is 4.18. The van der Waals surface area contributed by atoms with Crippen LogP contribution in [0.5, 0.6) is 0 Å². The first kappa shape index (κ1) is 9.79. The highest BCUT2D eigenvalue weighted by Crippen LogP contribution is 2.05. The fraction of sp³-hybridized carbons (Fsp3) is 0.300. The summed E-state index contributed by atoms with van der Waals surface area (Å²) in [5.74, 6) is 0. The van der Waals surface area contributed by atoms with Crippen molar-refractivity contribution >= 4 is 0 Å². The molecule has 2 rings (SSSR count). The Morgan fingerprint density at radius 2 is 2.33 bits per heavy atom. The number of aromatic nitrogens is 4. The predicted octanol–water partition coefficient (Wildman–Crippen LogP) is 0.489. The van der Waals surface area contributed by atoms with E-state index in [-0.39, 0.29) is 0 Å². The van der Waals surface area contributed by atoms with Crippen LogP contribution >= 0.6 is 0 Å². The molecule has 2 aromatic rings. The number of hydrogen-bond donors (Lipinski definition) is 1. The van der Waals surface area contributed by atoms with Gasteiger partial charge in [0.2, 0.25) is 0 Å². The van der Waals surface area contributed by atoms with Crippen LogP contribution in [-0.2, 0) is 13.1 Å². The fourth-order valence-corrected chi connectivity index (χ4v) is 1.40. The van der Waals surface area contributed by atoms with Crippen molar-refractivity contribution < 1.29 is 0 Å². The van der Waals surface area contributed by atoms with Gasteiger partial charge < -0.3 is 5.73 Å². The second-order valence-corrected chi connectivity index (χ2v) is 3.34. The molecule has 0 bridgehead atoms. The molecule has 0 spiro atoms. The first-order valence-electron chi connectivity index (χ1n) is 4.79. The quantitative estimate of drug-likeness (QED) is 0.788. The standard InChI is InChI=1S/C10H13N5/c1-8-10(5-11)13-14-15(8)7-9-3-2-4-12-6-9/h2-4,6H,5,7,11H2,1H3. The van der Waals surface area contributed by atoms with Gasteiger partial charge in [0.25, 0.3) is 0 Å². The maximum Gasteiger partial charge on any atom is 0.0991 e. The molecule has 2 heterocycles. The maximum absolute atomic E-state index is 5.53. The molecule has 0 atom stereocenters. The maximum atomic E-state index is 5.53. The van der Waals surface area contributed by atoms with Crippen LogP contribution in [0.2, 0.25) is 0 Å². The predicted molar refractivity (Wildman–Crippen MR) is 56.0 cm³/mol. The fourth-order valence-electron chi connectivity index (χ4n) is 1.40. The minimum Gasteiger partial charge on any atom is -0.325 e. The van der Waals surface area contributed by atoms with E-state index >= 15 is 0 Å². The Labute approximate surface area is 87.9 Å². The van der Waals surface area contributed by atoms with Gasteiger partial charge in [0.15, 0.2) is 0 Å². The van der Waals surface area contributed by atoms with E-state index in [4.69, 9.17) is 5.73 Å².